The monoisotopic (exact) mass is 467 g/mol. The van der Waals surface area contributed by atoms with Crippen molar-refractivity contribution in [3.63, 3.8) is 0 Å². The SMILES string of the molecule is COc1ccc(N2CCN([C@@H](C(=O)O)c3cn(CCC(=O)O)c4ccc(OC)cc34)CC2)cc1. The maximum atomic E-state index is 12.5. The fourth-order valence-electron chi connectivity index (χ4n) is 4.57. The number of ether oxygens (including phenoxy) is 2. The van der Waals surface area contributed by atoms with Gasteiger partial charge < -0.3 is 29.2 Å². The van der Waals surface area contributed by atoms with Crippen LogP contribution in [0.15, 0.2) is 48.7 Å². The van der Waals surface area contributed by atoms with E-state index in [-0.39, 0.29) is 13.0 Å². The quantitative estimate of drug-likeness (QED) is 0.495. The predicted octanol–water partition coefficient (Wildman–Crippen LogP) is 3.08. The van der Waals surface area contributed by atoms with Crippen LogP contribution in [0, 0.1) is 0 Å². The van der Waals surface area contributed by atoms with Gasteiger partial charge in [0.25, 0.3) is 0 Å². The molecule has 0 bridgehead atoms. The van der Waals surface area contributed by atoms with Crippen LogP contribution in [0.25, 0.3) is 10.9 Å². The summed E-state index contributed by atoms with van der Waals surface area (Å²) in [4.78, 5) is 27.8. The summed E-state index contributed by atoms with van der Waals surface area (Å²) in [5.74, 6) is -0.416. The minimum atomic E-state index is -0.932. The maximum absolute atomic E-state index is 12.5. The third-order valence-corrected chi connectivity index (χ3v) is 6.33. The van der Waals surface area contributed by atoms with Crippen LogP contribution < -0.4 is 14.4 Å². The van der Waals surface area contributed by atoms with Crippen molar-refractivity contribution in [3.8, 4) is 11.5 Å². The van der Waals surface area contributed by atoms with Gasteiger partial charge in [-0.3, -0.25) is 14.5 Å². The number of aromatic nitrogens is 1. The first-order valence-electron chi connectivity index (χ1n) is 11.2. The van der Waals surface area contributed by atoms with E-state index in [1.165, 1.54) is 0 Å². The fourth-order valence-corrected chi connectivity index (χ4v) is 4.57. The standard InChI is InChI=1S/C25H29N3O6/c1-33-18-5-3-17(4-6-18)26-11-13-27(14-12-26)24(25(31)32)21-16-28(10-9-23(29)30)22-8-7-19(34-2)15-20(21)22/h3-8,15-16,24H,9-14H2,1-2H3,(H,29,30)(H,31,32)/t24-/m1/s1. The number of carbonyl (C=O) groups is 2. The minimum Gasteiger partial charge on any atom is -0.497 e. The first-order chi connectivity index (χ1) is 16.4. The van der Waals surface area contributed by atoms with Gasteiger partial charge >= 0.3 is 11.9 Å². The number of aliphatic carboxylic acids is 2. The zero-order valence-electron chi connectivity index (χ0n) is 19.3. The van der Waals surface area contributed by atoms with Gasteiger partial charge in [-0.2, -0.15) is 0 Å². The van der Waals surface area contributed by atoms with Gasteiger partial charge in [0.15, 0.2) is 0 Å². The molecule has 4 rings (SSSR count). The highest BCUT2D eigenvalue weighted by molar-refractivity contribution is 5.90. The lowest BCUT2D eigenvalue weighted by Crippen LogP contribution is -2.49. The van der Waals surface area contributed by atoms with Crippen LogP contribution in [0.5, 0.6) is 11.5 Å². The van der Waals surface area contributed by atoms with Crippen molar-refractivity contribution < 1.29 is 29.3 Å². The van der Waals surface area contributed by atoms with Crippen molar-refractivity contribution in [3.05, 3.63) is 54.2 Å². The lowest BCUT2D eigenvalue weighted by atomic mass is 10.0. The summed E-state index contributed by atoms with van der Waals surface area (Å²) in [6, 6.07) is 12.5. The normalized spacial score (nSPS) is 15.3. The Balaban J connectivity index is 1.61. The Bertz CT molecular complexity index is 1170. The van der Waals surface area contributed by atoms with Crippen LogP contribution >= 0.6 is 0 Å². The number of piperazine rings is 1. The molecule has 2 aromatic carbocycles. The molecule has 0 saturated carbocycles. The fraction of sp³-hybridized carbons (Fsp3) is 0.360. The molecule has 1 fully saturated rings. The molecule has 1 aliphatic rings. The molecule has 34 heavy (non-hydrogen) atoms. The first kappa shape index (κ1) is 23.4. The molecule has 9 heteroatoms. The van der Waals surface area contributed by atoms with Crippen LogP contribution in [-0.2, 0) is 16.1 Å². The van der Waals surface area contributed by atoms with Gasteiger partial charge in [-0.1, -0.05) is 0 Å². The molecule has 1 aromatic heterocycles. The van der Waals surface area contributed by atoms with Gasteiger partial charge in [-0.15, -0.1) is 0 Å². The molecular weight excluding hydrogens is 438 g/mol. The van der Waals surface area contributed by atoms with E-state index in [1.807, 2.05) is 45.9 Å². The number of carboxylic acids is 2. The van der Waals surface area contributed by atoms with E-state index in [1.54, 1.807) is 26.5 Å². The van der Waals surface area contributed by atoms with Gasteiger partial charge in [0.1, 0.15) is 17.5 Å². The molecule has 0 unspecified atom stereocenters. The molecule has 0 spiro atoms. The second-order valence-electron chi connectivity index (χ2n) is 8.27. The van der Waals surface area contributed by atoms with Crippen LogP contribution in [-0.4, -0.2) is 72.0 Å². The predicted molar refractivity (Wildman–Crippen MR) is 128 cm³/mol. The van der Waals surface area contributed by atoms with Crippen LogP contribution in [0.2, 0.25) is 0 Å². The Morgan fingerprint density at radius 2 is 1.59 bits per heavy atom. The minimum absolute atomic E-state index is 0.0481. The first-order valence-corrected chi connectivity index (χ1v) is 11.2. The number of hydrogen-bond acceptors (Lipinski definition) is 6. The number of carboxylic acid groups (broad SMARTS) is 2. The van der Waals surface area contributed by atoms with E-state index in [2.05, 4.69) is 4.90 Å². The Morgan fingerprint density at radius 1 is 0.941 bits per heavy atom. The van der Waals surface area contributed by atoms with Gasteiger partial charge in [-0.05, 0) is 42.5 Å². The number of nitrogens with zero attached hydrogens (tertiary/aromatic N) is 3. The number of aryl methyl sites for hydroxylation is 1. The number of anilines is 1. The molecule has 0 amide bonds. The summed E-state index contributed by atoms with van der Waals surface area (Å²) in [5.41, 5.74) is 2.51. The van der Waals surface area contributed by atoms with E-state index < -0.39 is 18.0 Å². The summed E-state index contributed by atoms with van der Waals surface area (Å²) >= 11 is 0. The zero-order chi connectivity index (χ0) is 24.2. The van der Waals surface area contributed by atoms with E-state index in [4.69, 9.17) is 14.6 Å². The highest BCUT2D eigenvalue weighted by Gasteiger charge is 2.33. The molecule has 180 valence electrons. The number of benzene rings is 2. The number of fused-ring (bicyclic) bond motifs is 1. The number of rotatable bonds is 9. The van der Waals surface area contributed by atoms with Crippen LogP contribution in [0.4, 0.5) is 5.69 Å². The van der Waals surface area contributed by atoms with Gasteiger partial charge in [0.2, 0.25) is 0 Å². The van der Waals surface area contributed by atoms with Crippen molar-refractivity contribution in [1.29, 1.82) is 0 Å². The van der Waals surface area contributed by atoms with E-state index >= 15 is 0 Å². The molecule has 1 aliphatic heterocycles. The summed E-state index contributed by atoms with van der Waals surface area (Å²) in [6.45, 7) is 2.80. The van der Waals surface area contributed by atoms with Gasteiger partial charge in [0, 0.05) is 61.1 Å². The number of methoxy groups -OCH3 is 2. The molecule has 0 aliphatic carbocycles. The smallest absolute Gasteiger partial charge is 0.325 e. The van der Waals surface area contributed by atoms with Gasteiger partial charge in [0.05, 0.1) is 20.6 Å². The summed E-state index contributed by atoms with van der Waals surface area (Å²) in [5, 5.41) is 20.1. The molecule has 9 nitrogen and oxygen atoms in total. The summed E-state index contributed by atoms with van der Waals surface area (Å²) < 4.78 is 12.4. The topological polar surface area (TPSA) is 104 Å². The van der Waals surface area contributed by atoms with Crippen LogP contribution in [0.1, 0.15) is 18.0 Å². The maximum Gasteiger partial charge on any atom is 0.325 e. The second-order valence-corrected chi connectivity index (χ2v) is 8.27. The van der Waals surface area contributed by atoms with Crippen molar-refractivity contribution in [2.45, 2.75) is 19.0 Å². The molecule has 1 atom stereocenters. The van der Waals surface area contributed by atoms with Crippen LogP contribution in [0.3, 0.4) is 0 Å². The molecule has 2 heterocycles. The molecule has 1 saturated heterocycles. The van der Waals surface area contributed by atoms with Crippen molar-refractivity contribution in [1.82, 2.24) is 9.47 Å². The highest BCUT2D eigenvalue weighted by Crippen LogP contribution is 2.34. The highest BCUT2D eigenvalue weighted by atomic mass is 16.5. The lowest BCUT2D eigenvalue weighted by Gasteiger charge is -2.38. The third-order valence-electron chi connectivity index (χ3n) is 6.33. The Kier molecular flexibility index (Phi) is 6.93. The van der Waals surface area contributed by atoms with Gasteiger partial charge in [-0.25, -0.2) is 0 Å². The Hall–Kier alpha value is -3.72. The summed E-state index contributed by atoms with van der Waals surface area (Å²) in [7, 11) is 3.20. The molecule has 0 radical (unpaired) electrons. The van der Waals surface area contributed by atoms with Crippen molar-refractivity contribution in [2.75, 3.05) is 45.3 Å². The third kappa shape index (κ3) is 4.79. The molecule has 2 N–H and O–H groups in total. The molecule has 3 aromatic rings. The second kappa shape index (κ2) is 10.0. The van der Waals surface area contributed by atoms with Crippen molar-refractivity contribution in [2.24, 2.45) is 0 Å². The zero-order valence-corrected chi connectivity index (χ0v) is 19.3. The molecular formula is C25H29N3O6. The summed E-state index contributed by atoms with van der Waals surface area (Å²) in [6.07, 6.45) is 1.73. The van der Waals surface area contributed by atoms with E-state index in [0.29, 0.717) is 37.5 Å². The van der Waals surface area contributed by atoms with E-state index in [0.717, 1.165) is 22.3 Å². The average Bonchev–Trinajstić information content (AvgIpc) is 3.20. The van der Waals surface area contributed by atoms with Crippen molar-refractivity contribution >= 4 is 28.5 Å². The average molecular weight is 468 g/mol. The number of hydrogen-bond donors (Lipinski definition) is 2. The largest absolute Gasteiger partial charge is 0.497 e. The lowest BCUT2D eigenvalue weighted by molar-refractivity contribution is -0.143. The Morgan fingerprint density at radius 3 is 2.18 bits per heavy atom. The van der Waals surface area contributed by atoms with E-state index in [9.17, 15) is 14.7 Å². The Labute approximate surface area is 197 Å².